The molecule has 0 saturated heterocycles. The molecule has 17 heavy (non-hydrogen) atoms. The molecule has 1 amide bonds. The van der Waals surface area contributed by atoms with Crippen LogP contribution in [0.5, 0.6) is 0 Å². The van der Waals surface area contributed by atoms with E-state index >= 15 is 0 Å². The van der Waals surface area contributed by atoms with Crippen LogP contribution in [0, 0.1) is 0 Å². The molecular weight excluding hydrogens is 232 g/mol. The number of hydrogen-bond acceptors (Lipinski definition) is 3. The summed E-state index contributed by atoms with van der Waals surface area (Å²) < 4.78 is 0. The van der Waals surface area contributed by atoms with Gasteiger partial charge in [-0.1, -0.05) is 13.0 Å². The van der Waals surface area contributed by atoms with Crippen molar-refractivity contribution in [3.05, 3.63) is 22.4 Å². The first-order valence-corrected chi connectivity index (χ1v) is 6.90. The van der Waals surface area contributed by atoms with Gasteiger partial charge in [0.1, 0.15) is 0 Å². The molecule has 0 aliphatic heterocycles. The highest BCUT2D eigenvalue weighted by Crippen LogP contribution is 2.17. The molecule has 0 aliphatic rings. The molecule has 0 aromatic carbocycles. The Morgan fingerprint density at radius 3 is 2.76 bits per heavy atom. The lowest BCUT2D eigenvalue weighted by Gasteiger charge is -2.25. The van der Waals surface area contributed by atoms with E-state index in [1.807, 2.05) is 25.3 Å². The van der Waals surface area contributed by atoms with Gasteiger partial charge in [-0.3, -0.25) is 4.79 Å². The summed E-state index contributed by atoms with van der Waals surface area (Å²) in [5.41, 5.74) is -0.120. The van der Waals surface area contributed by atoms with Crippen molar-refractivity contribution in [3.8, 4) is 0 Å². The van der Waals surface area contributed by atoms with Crippen LogP contribution in [-0.4, -0.2) is 18.0 Å². The highest BCUT2D eigenvalue weighted by atomic mass is 32.1. The van der Waals surface area contributed by atoms with Crippen molar-refractivity contribution in [2.75, 3.05) is 6.54 Å². The number of rotatable bonds is 6. The molecule has 0 fully saturated rings. The second-order valence-electron chi connectivity index (χ2n) is 4.90. The van der Waals surface area contributed by atoms with Gasteiger partial charge in [0.15, 0.2) is 0 Å². The Labute approximate surface area is 108 Å². The predicted molar refractivity (Wildman–Crippen MR) is 73.2 cm³/mol. The van der Waals surface area contributed by atoms with E-state index in [0.717, 1.165) is 6.42 Å². The topological polar surface area (TPSA) is 41.1 Å². The van der Waals surface area contributed by atoms with Crippen LogP contribution in [-0.2, 0) is 4.79 Å². The first-order valence-electron chi connectivity index (χ1n) is 6.02. The number of nitrogens with one attached hydrogen (secondary N) is 2. The summed E-state index contributed by atoms with van der Waals surface area (Å²) in [6.07, 6.45) is 0.930. The third-order valence-corrected chi connectivity index (χ3v) is 3.96. The minimum atomic E-state index is -0.120. The zero-order valence-corrected chi connectivity index (χ0v) is 11.9. The molecule has 1 heterocycles. The minimum absolute atomic E-state index is 0.0558. The van der Waals surface area contributed by atoms with Gasteiger partial charge in [-0.2, -0.15) is 0 Å². The maximum absolute atomic E-state index is 11.7. The molecule has 0 aliphatic carbocycles. The van der Waals surface area contributed by atoms with Crippen molar-refractivity contribution in [1.82, 2.24) is 10.6 Å². The van der Waals surface area contributed by atoms with Crippen LogP contribution in [0.25, 0.3) is 0 Å². The zero-order chi connectivity index (χ0) is 12.9. The third kappa shape index (κ3) is 4.88. The van der Waals surface area contributed by atoms with Crippen molar-refractivity contribution < 1.29 is 4.79 Å². The van der Waals surface area contributed by atoms with Gasteiger partial charge in [0.25, 0.3) is 0 Å². The van der Waals surface area contributed by atoms with Gasteiger partial charge in [0, 0.05) is 16.5 Å². The summed E-state index contributed by atoms with van der Waals surface area (Å²) in [4.78, 5) is 13.0. The largest absolute Gasteiger partial charge is 0.350 e. The highest BCUT2D eigenvalue weighted by Gasteiger charge is 2.18. The van der Waals surface area contributed by atoms with Crippen molar-refractivity contribution in [1.29, 1.82) is 0 Å². The van der Waals surface area contributed by atoms with E-state index in [1.165, 1.54) is 4.88 Å². The van der Waals surface area contributed by atoms with E-state index in [-0.39, 0.29) is 17.5 Å². The average molecular weight is 254 g/mol. The van der Waals surface area contributed by atoms with E-state index in [9.17, 15) is 4.79 Å². The van der Waals surface area contributed by atoms with Crippen LogP contribution >= 0.6 is 11.3 Å². The summed E-state index contributed by atoms with van der Waals surface area (Å²) in [5.74, 6) is 0.0558. The van der Waals surface area contributed by atoms with Gasteiger partial charge < -0.3 is 10.6 Å². The Bertz CT molecular complexity index is 346. The van der Waals surface area contributed by atoms with Crippen LogP contribution in [0.2, 0.25) is 0 Å². The number of thiophene rings is 1. The van der Waals surface area contributed by atoms with Crippen molar-refractivity contribution in [2.24, 2.45) is 0 Å². The van der Waals surface area contributed by atoms with Crippen LogP contribution in [0.15, 0.2) is 17.5 Å². The summed E-state index contributed by atoms with van der Waals surface area (Å²) in [6, 6.07) is 4.33. The Hall–Kier alpha value is -0.870. The molecule has 4 heteroatoms. The Kier molecular flexibility index (Phi) is 5.15. The first-order chi connectivity index (χ1) is 7.94. The molecule has 2 N–H and O–H groups in total. The first kappa shape index (κ1) is 14.2. The minimum Gasteiger partial charge on any atom is -0.350 e. The smallest absolute Gasteiger partial charge is 0.234 e. The van der Waals surface area contributed by atoms with Crippen molar-refractivity contribution in [3.63, 3.8) is 0 Å². The molecule has 1 rings (SSSR count). The number of carbonyl (C=O) groups excluding carboxylic acids is 1. The molecule has 1 aromatic rings. The van der Waals surface area contributed by atoms with Crippen LogP contribution in [0.1, 0.15) is 45.0 Å². The zero-order valence-electron chi connectivity index (χ0n) is 11.0. The number of amides is 1. The Morgan fingerprint density at radius 2 is 2.24 bits per heavy atom. The lowest BCUT2D eigenvalue weighted by atomic mass is 10.0. The van der Waals surface area contributed by atoms with Crippen molar-refractivity contribution >= 4 is 17.2 Å². The summed E-state index contributed by atoms with van der Waals surface area (Å²) in [7, 11) is 0. The number of carbonyl (C=O) groups is 1. The Morgan fingerprint density at radius 1 is 1.53 bits per heavy atom. The highest BCUT2D eigenvalue weighted by molar-refractivity contribution is 7.10. The van der Waals surface area contributed by atoms with E-state index in [1.54, 1.807) is 11.3 Å². The lowest BCUT2D eigenvalue weighted by molar-refractivity contribution is -0.121. The molecule has 1 atom stereocenters. The normalized spacial score (nSPS) is 13.4. The maximum atomic E-state index is 11.7. The van der Waals surface area contributed by atoms with E-state index in [4.69, 9.17) is 0 Å². The SMILES string of the molecule is CCC(C)(C)NC(=O)CN[C@H](C)c1cccs1. The molecular formula is C13H22N2OS. The van der Waals surface area contributed by atoms with Crippen LogP contribution < -0.4 is 10.6 Å². The van der Waals surface area contributed by atoms with Gasteiger partial charge in [0.05, 0.1) is 6.54 Å². The molecule has 0 saturated carbocycles. The molecule has 96 valence electrons. The monoisotopic (exact) mass is 254 g/mol. The van der Waals surface area contributed by atoms with E-state index in [0.29, 0.717) is 6.54 Å². The van der Waals surface area contributed by atoms with E-state index in [2.05, 4.69) is 30.5 Å². The van der Waals surface area contributed by atoms with Crippen LogP contribution in [0.4, 0.5) is 0 Å². The number of hydrogen-bond donors (Lipinski definition) is 2. The quantitative estimate of drug-likeness (QED) is 0.819. The summed E-state index contributed by atoms with van der Waals surface area (Å²) in [6.45, 7) is 8.58. The fourth-order valence-electron chi connectivity index (χ4n) is 1.39. The predicted octanol–water partition coefficient (Wildman–Crippen LogP) is 2.70. The standard InChI is InChI=1S/C13H22N2OS/c1-5-13(3,4)15-12(16)9-14-10(2)11-7-6-8-17-11/h6-8,10,14H,5,9H2,1-4H3,(H,15,16)/t10-/m1/s1. The van der Waals surface area contributed by atoms with Gasteiger partial charge in [-0.05, 0) is 38.6 Å². The average Bonchev–Trinajstić information content (AvgIpc) is 2.78. The molecule has 0 spiro atoms. The van der Waals surface area contributed by atoms with Gasteiger partial charge in [-0.15, -0.1) is 11.3 Å². The molecule has 0 bridgehead atoms. The summed E-state index contributed by atoms with van der Waals surface area (Å²) >= 11 is 1.71. The molecule has 0 radical (unpaired) electrons. The fourth-order valence-corrected chi connectivity index (χ4v) is 2.15. The maximum Gasteiger partial charge on any atom is 0.234 e. The molecule has 0 unspecified atom stereocenters. The van der Waals surface area contributed by atoms with Crippen LogP contribution in [0.3, 0.4) is 0 Å². The third-order valence-electron chi connectivity index (χ3n) is 2.90. The fraction of sp³-hybridized carbons (Fsp3) is 0.615. The van der Waals surface area contributed by atoms with Crippen molar-refractivity contribution in [2.45, 2.75) is 45.7 Å². The van der Waals surface area contributed by atoms with Gasteiger partial charge >= 0.3 is 0 Å². The van der Waals surface area contributed by atoms with Gasteiger partial charge in [0.2, 0.25) is 5.91 Å². The summed E-state index contributed by atoms with van der Waals surface area (Å²) in [5, 5.41) is 8.29. The molecule has 1 aromatic heterocycles. The van der Waals surface area contributed by atoms with Gasteiger partial charge in [-0.25, -0.2) is 0 Å². The van der Waals surface area contributed by atoms with E-state index < -0.39 is 0 Å². The second kappa shape index (κ2) is 6.17. The second-order valence-corrected chi connectivity index (χ2v) is 5.88. The Balaban J connectivity index is 2.34. The lowest BCUT2D eigenvalue weighted by Crippen LogP contribution is -2.46. The molecule has 3 nitrogen and oxygen atoms in total.